The van der Waals surface area contributed by atoms with Crippen LogP contribution in [0, 0.1) is 17.7 Å². The highest BCUT2D eigenvalue weighted by atomic mass is 35.5. The van der Waals surface area contributed by atoms with Gasteiger partial charge in [0.05, 0.1) is 23.2 Å². The van der Waals surface area contributed by atoms with Crippen LogP contribution in [0.3, 0.4) is 0 Å². The number of rotatable bonds is 4. The van der Waals surface area contributed by atoms with Gasteiger partial charge in [0.15, 0.2) is 0 Å². The SMILES string of the molecule is O=C(O)CN1C[C@H]2CN(C(=O)c3cncc(Cl)c3)[C@H](c3cccc(F)c3)[C@H]2C1. The van der Waals surface area contributed by atoms with Gasteiger partial charge < -0.3 is 10.0 Å². The zero-order valence-corrected chi connectivity index (χ0v) is 15.7. The molecule has 146 valence electrons. The first-order chi connectivity index (χ1) is 13.4. The van der Waals surface area contributed by atoms with Crippen LogP contribution in [0.5, 0.6) is 0 Å². The summed E-state index contributed by atoms with van der Waals surface area (Å²) in [6.45, 7) is 1.60. The molecule has 0 bridgehead atoms. The van der Waals surface area contributed by atoms with Gasteiger partial charge in [0.25, 0.3) is 5.91 Å². The first-order valence-electron chi connectivity index (χ1n) is 9.03. The van der Waals surface area contributed by atoms with Crippen LogP contribution < -0.4 is 0 Å². The molecule has 2 aromatic rings. The molecule has 1 amide bonds. The fraction of sp³-hybridized carbons (Fsp3) is 0.350. The Morgan fingerprint density at radius 1 is 1.21 bits per heavy atom. The summed E-state index contributed by atoms with van der Waals surface area (Å²) in [6, 6.07) is 7.51. The van der Waals surface area contributed by atoms with Crippen molar-refractivity contribution in [1.29, 1.82) is 0 Å². The van der Waals surface area contributed by atoms with Gasteiger partial charge in [-0.25, -0.2) is 4.39 Å². The number of nitrogens with zero attached hydrogens (tertiary/aromatic N) is 3. The Bertz CT molecular complexity index is 925. The fourth-order valence-electron chi connectivity index (χ4n) is 4.48. The number of hydrogen-bond acceptors (Lipinski definition) is 4. The van der Waals surface area contributed by atoms with E-state index in [2.05, 4.69) is 4.98 Å². The summed E-state index contributed by atoms with van der Waals surface area (Å²) in [5.74, 6) is -1.28. The maximum Gasteiger partial charge on any atom is 0.317 e. The van der Waals surface area contributed by atoms with E-state index in [9.17, 15) is 14.0 Å². The van der Waals surface area contributed by atoms with E-state index in [1.807, 2.05) is 11.0 Å². The second-order valence-corrected chi connectivity index (χ2v) is 7.80. The van der Waals surface area contributed by atoms with Gasteiger partial charge in [0, 0.05) is 37.9 Å². The Morgan fingerprint density at radius 3 is 2.75 bits per heavy atom. The van der Waals surface area contributed by atoms with Crippen LogP contribution in [0.25, 0.3) is 0 Å². The van der Waals surface area contributed by atoms with Crippen molar-refractivity contribution in [3.63, 3.8) is 0 Å². The highest BCUT2D eigenvalue weighted by Gasteiger charge is 2.49. The minimum atomic E-state index is -0.875. The first kappa shape index (κ1) is 18.8. The Hall–Kier alpha value is -2.51. The summed E-state index contributed by atoms with van der Waals surface area (Å²) >= 11 is 5.99. The number of carboxylic acids is 1. The molecule has 2 saturated heterocycles. The van der Waals surface area contributed by atoms with Gasteiger partial charge in [-0.3, -0.25) is 19.5 Å². The average Bonchev–Trinajstić information content (AvgIpc) is 3.17. The molecular formula is C20H19ClFN3O3. The van der Waals surface area contributed by atoms with Crippen LogP contribution in [-0.2, 0) is 4.79 Å². The van der Waals surface area contributed by atoms with Gasteiger partial charge in [0.1, 0.15) is 5.82 Å². The molecule has 0 aliphatic carbocycles. The number of likely N-dealkylation sites (tertiary alicyclic amines) is 2. The number of carboxylic acid groups (broad SMARTS) is 1. The van der Waals surface area contributed by atoms with Crippen LogP contribution in [0.4, 0.5) is 4.39 Å². The van der Waals surface area contributed by atoms with Crippen LogP contribution in [0.1, 0.15) is 22.0 Å². The third-order valence-corrected chi connectivity index (χ3v) is 5.71. The topological polar surface area (TPSA) is 73.7 Å². The van der Waals surface area contributed by atoms with Gasteiger partial charge in [-0.1, -0.05) is 23.7 Å². The predicted molar refractivity (Wildman–Crippen MR) is 100 cm³/mol. The highest BCUT2D eigenvalue weighted by Crippen LogP contribution is 2.45. The van der Waals surface area contributed by atoms with Crippen molar-refractivity contribution >= 4 is 23.5 Å². The molecule has 0 unspecified atom stereocenters. The third kappa shape index (κ3) is 3.59. The first-order valence-corrected chi connectivity index (χ1v) is 9.41. The molecule has 6 nitrogen and oxygen atoms in total. The maximum atomic E-state index is 13.9. The number of halogens is 2. The van der Waals surface area contributed by atoms with Crippen molar-refractivity contribution in [3.8, 4) is 0 Å². The molecule has 1 N–H and O–H groups in total. The number of carbonyl (C=O) groups excluding carboxylic acids is 1. The molecule has 4 rings (SSSR count). The minimum absolute atomic E-state index is 0.0327. The Labute approximate surface area is 166 Å². The molecule has 2 fully saturated rings. The third-order valence-electron chi connectivity index (χ3n) is 5.50. The predicted octanol–water partition coefficient (Wildman–Crippen LogP) is 2.70. The van der Waals surface area contributed by atoms with Crippen molar-refractivity contribution in [2.24, 2.45) is 11.8 Å². The normalized spacial score (nSPS) is 24.4. The maximum absolute atomic E-state index is 13.9. The molecule has 1 aromatic heterocycles. The lowest BCUT2D eigenvalue weighted by atomic mass is 9.89. The Balaban J connectivity index is 1.67. The number of aliphatic carboxylic acids is 1. The monoisotopic (exact) mass is 403 g/mol. The van der Waals surface area contributed by atoms with Crippen LogP contribution >= 0.6 is 11.6 Å². The number of amides is 1. The average molecular weight is 404 g/mol. The lowest BCUT2D eigenvalue weighted by molar-refractivity contribution is -0.138. The number of carbonyl (C=O) groups is 2. The van der Waals surface area contributed by atoms with E-state index in [0.717, 1.165) is 0 Å². The van der Waals surface area contributed by atoms with E-state index in [1.54, 1.807) is 17.0 Å². The summed E-state index contributed by atoms with van der Waals surface area (Å²) in [5, 5.41) is 9.47. The summed E-state index contributed by atoms with van der Waals surface area (Å²) in [5.41, 5.74) is 1.10. The molecule has 3 heterocycles. The molecule has 3 atom stereocenters. The van der Waals surface area contributed by atoms with Gasteiger partial charge in [0.2, 0.25) is 0 Å². The fourth-order valence-corrected chi connectivity index (χ4v) is 4.65. The standard InChI is InChI=1S/C20H19ClFN3O3/c21-15-4-13(6-23-7-15)20(28)25-9-14-8-24(11-18(26)27)10-17(14)19(25)12-2-1-3-16(22)5-12/h1-7,14,17,19H,8-11H2,(H,26,27)/t14-,17-,19+/m0/s1. The molecular weight excluding hydrogens is 385 g/mol. The highest BCUT2D eigenvalue weighted by molar-refractivity contribution is 6.30. The van der Waals surface area contributed by atoms with Crippen molar-refractivity contribution in [1.82, 2.24) is 14.8 Å². The molecule has 2 aliphatic rings. The number of benzene rings is 1. The van der Waals surface area contributed by atoms with Crippen molar-refractivity contribution in [2.45, 2.75) is 6.04 Å². The van der Waals surface area contributed by atoms with E-state index < -0.39 is 5.97 Å². The lowest BCUT2D eigenvalue weighted by Crippen LogP contribution is -2.37. The van der Waals surface area contributed by atoms with Gasteiger partial charge in [-0.05, 0) is 29.7 Å². The van der Waals surface area contributed by atoms with E-state index in [1.165, 1.54) is 24.5 Å². The number of aromatic nitrogens is 1. The van der Waals surface area contributed by atoms with Crippen LogP contribution in [0.15, 0.2) is 42.7 Å². The zero-order chi connectivity index (χ0) is 19.8. The Morgan fingerprint density at radius 2 is 2.04 bits per heavy atom. The number of hydrogen-bond donors (Lipinski definition) is 1. The van der Waals surface area contributed by atoms with E-state index in [-0.39, 0.29) is 36.1 Å². The van der Waals surface area contributed by atoms with Crippen molar-refractivity contribution in [2.75, 3.05) is 26.2 Å². The van der Waals surface area contributed by atoms with Crippen LogP contribution in [-0.4, -0.2) is 57.9 Å². The van der Waals surface area contributed by atoms with Crippen molar-refractivity contribution < 1.29 is 19.1 Å². The van der Waals surface area contributed by atoms with E-state index in [4.69, 9.17) is 16.7 Å². The minimum Gasteiger partial charge on any atom is -0.480 e. The molecule has 1 aromatic carbocycles. The van der Waals surface area contributed by atoms with Crippen molar-refractivity contribution in [3.05, 3.63) is 64.7 Å². The largest absolute Gasteiger partial charge is 0.480 e. The van der Waals surface area contributed by atoms with Gasteiger partial charge in [-0.2, -0.15) is 0 Å². The quantitative estimate of drug-likeness (QED) is 0.849. The summed E-state index contributed by atoms with van der Waals surface area (Å²) in [7, 11) is 0. The van der Waals surface area contributed by atoms with Gasteiger partial charge >= 0.3 is 5.97 Å². The molecule has 8 heteroatoms. The van der Waals surface area contributed by atoms with Gasteiger partial charge in [-0.15, -0.1) is 0 Å². The Kier molecular flexibility index (Phi) is 5.03. The number of fused-ring (bicyclic) bond motifs is 1. The van der Waals surface area contributed by atoms with E-state index in [0.29, 0.717) is 35.8 Å². The lowest BCUT2D eigenvalue weighted by Gasteiger charge is -2.30. The molecule has 0 spiro atoms. The molecule has 2 aliphatic heterocycles. The summed E-state index contributed by atoms with van der Waals surface area (Å²) < 4.78 is 13.9. The zero-order valence-electron chi connectivity index (χ0n) is 15.0. The number of pyridine rings is 1. The smallest absolute Gasteiger partial charge is 0.317 e. The summed E-state index contributed by atoms with van der Waals surface area (Å²) in [6.07, 6.45) is 2.94. The molecule has 0 radical (unpaired) electrons. The molecule has 0 saturated carbocycles. The second kappa shape index (κ2) is 7.48. The molecule has 28 heavy (non-hydrogen) atoms. The van der Waals surface area contributed by atoms with Crippen LogP contribution in [0.2, 0.25) is 5.02 Å². The van der Waals surface area contributed by atoms with E-state index >= 15 is 0 Å². The second-order valence-electron chi connectivity index (χ2n) is 7.36. The summed E-state index contributed by atoms with van der Waals surface area (Å²) in [4.78, 5) is 31.9.